The Hall–Kier alpha value is -1.68. The number of hydrogen-bond donors (Lipinski definition) is 1. The molecule has 1 heterocycles. The Labute approximate surface area is 121 Å². The molecular formula is C15H14ClN3O. The lowest BCUT2D eigenvalue weighted by Crippen LogP contribution is -2.18. The van der Waals surface area contributed by atoms with E-state index in [9.17, 15) is 4.79 Å². The average Bonchev–Trinajstić information content (AvgIpc) is 2.93. The maximum absolute atomic E-state index is 12.2. The van der Waals surface area contributed by atoms with Crippen LogP contribution in [-0.4, -0.2) is 15.9 Å². The molecule has 2 atom stereocenters. The summed E-state index contributed by atoms with van der Waals surface area (Å²) in [4.78, 5) is 20.9. The number of fused-ring (bicyclic) bond motifs is 2. The molecule has 1 aromatic carbocycles. The fourth-order valence-electron chi connectivity index (χ4n) is 3.47. The summed E-state index contributed by atoms with van der Waals surface area (Å²) in [7, 11) is 0. The molecule has 1 N–H and O–H groups in total. The molecule has 1 amide bonds. The van der Waals surface area contributed by atoms with Gasteiger partial charge in [0.1, 0.15) is 0 Å². The molecule has 2 aromatic rings. The molecular weight excluding hydrogens is 274 g/mol. The fourth-order valence-corrected chi connectivity index (χ4v) is 3.65. The van der Waals surface area contributed by atoms with Gasteiger partial charge in [0.2, 0.25) is 5.91 Å². The van der Waals surface area contributed by atoms with Gasteiger partial charge < -0.3 is 5.32 Å². The highest BCUT2D eigenvalue weighted by Crippen LogP contribution is 2.57. The van der Waals surface area contributed by atoms with Crippen molar-refractivity contribution in [3.05, 3.63) is 29.4 Å². The SMILES string of the molecule is O=C(Nc1nc2ccccc2nc1Cl)C1C2CCCC21. The van der Waals surface area contributed by atoms with Crippen LogP contribution >= 0.6 is 11.6 Å². The summed E-state index contributed by atoms with van der Waals surface area (Å²) in [5, 5.41) is 3.10. The summed E-state index contributed by atoms with van der Waals surface area (Å²) in [5.74, 6) is 1.75. The van der Waals surface area contributed by atoms with Crippen LogP contribution in [0.3, 0.4) is 0 Å². The van der Waals surface area contributed by atoms with Gasteiger partial charge in [0, 0.05) is 5.92 Å². The van der Waals surface area contributed by atoms with Gasteiger partial charge in [-0.3, -0.25) is 4.79 Å². The summed E-state index contributed by atoms with van der Waals surface area (Å²) >= 11 is 6.10. The van der Waals surface area contributed by atoms with E-state index in [2.05, 4.69) is 15.3 Å². The van der Waals surface area contributed by atoms with Crippen molar-refractivity contribution in [3.63, 3.8) is 0 Å². The second-order valence-electron chi connectivity index (χ2n) is 5.63. The summed E-state index contributed by atoms with van der Waals surface area (Å²) in [6.45, 7) is 0. The summed E-state index contributed by atoms with van der Waals surface area (Å²) < 4.78 is 0. The number of anilines is 1. The van der Waals surface area contributed by atoms with E-state index in [0.717, 1.165) is 11.0 Å². The topological polar surface area (TPSA) is 54.9 Å². The van der Waals surface area contributed by atoms with E-state index in [1.165, 1.54) is 19.3 Å². The van der Waals surface area contributed by atoms with Crippen LogP contribution in [0, 0.1) is 17.8 Å². The summed E-state index contributed by atoms with van der Waals surface area (Å²) in [6.07, 6.45) is 3.62. The molecule has 0 aliphatic heterocycles. The fraction of sp³-hybridized carbons (Fsp3) is 0.400. The minimum atomic E-state index is 0.0474. The third-order valence-electron chi connectivity index (χ3n) is 4.48. The lowest BCUT2D eigenvalue weighted by atomic mass is 10.1. The molecule has 2 saturated carbocycles. The van der Waals surface area contributed by atoms with Crippen molar-refractivity contribution in [2.24, 2.45) is 17.8 Å². The van der Waals surface area contributed by atoms with E-state index >= 15 is 0 Å². The van der Waals surface area contributed by atoms with Crippen LogP contribution < -0.4 is 5.32 Å². The Morgan fingerprint density at radius 1 is 1.15 bits per heavy atom. The largest absolute Gasteiger partial charge is 0.308 e. The van der Waals surface area contributed by atoms with Crippen LogP contribution in [0.4, 0.5) is 5.82 Å². The molecule has 0 saturated heterocycles. The highest BCUT2D eigenvalue weighted by Gasteiger charge is 2.56. The van der Waals surface area contributed by atoms with Gasteiger partial charge in [-0.05, 0) is 36.8 Å². The van der Waals surface area contributed by atoms with Crippen LogP contribution in [0.25, 0.3) is 11.0 Å². The number of para-hydroxylation sites is 2. The molecule has 0 bridgehead atoms. The summed E-state index contributed by atoms with van der Waals surface area (Å²) in [5.41, 5.74) is 1.47. The first kappa shape index (κ1) is 12.1. The monoisotopic (exact) mass is 287 g/mol. The van der Waals surface area contributed by atoms with Crippen molar-refractivity contribution in [1.82, 2.24) is 9.97 Å². The number of halogens is 1. The molecule has 0 radical (unpaired) electrons. The third kappa shape index (κ3) is 1.86. The summed E-state index contributed by atoms with van der Waals surface area (Å²) in [6, 6.07) is 7.49. The predicted octanol–water partition coefficient (Wildman–Crippen LogP) is 3.27. The molecule has 1 aromatic heterocycles. The van der Waals surface area contributed by atoms with Gasteiger partial charge in [0.15, 0.2) is 11.0 Å². The predicted molar refractivity (Wildman–Crippen MR) is 77.5 cm³/mol. The van der Waals surface area contributed by atoms with E-state index in [-0.39, 0.29) is 17.0 Å². The first-order valence-electron chi connectivity index (χ1n) is 6.97. The maximum Gasteiger partial charge on any atom is 0.229 e. The first-order chi connectivity index (χ1) is 9.74. The van der Waals surface area contributed by atoms with Gasteiger partial charge in [0.25, 0.3) is 0 Å². The number of nitrogens with zero attached hydrogens (tertiary/aromatic N) is 2. The normalized spacial score (nSPS) is 27.4. The molecule has 5 heteroatoms. The zero-order chi connectivity index (χ0) is 13.7. The van der Waals surface area contributed by atoms with Crippen LogP contribution in [0.5, 0.6) is 0 Å². The highest BCUT2D eigenvalue weighted by molar-refractivity contribution is 6.32. The molecule has 0 spiro atoms. The molecule has 2 fully saturated rings. The zero-order valence-electron chi connectivity index (χ0n) is 10.8. The van der Waals surface area contributed by atoms with Crippen LogP contribution in [-0.2, 0) is 4.79 Å². The van der Waals surface area contributed by atoms with Crippen molar-refractivity contribution in [3.8, 4) is 0 Å². The van der Waals surface area contributed by atoms with Gasteiger partial charge in [-0.15, -0.1) is 0 Å². The minimum absolute atomic E-state index is 0.0474. The molecule has 2 aliphatic rings. The second kappa shape index (κ2) is 4.42. The Bertz CT molecular complexity index is 693. The Morgan fingerprint density at radius 3 is 2.50 bits per heavy atom. The van der Waals surface area contributed by atoms with Crippen molar-refractivity contribution in [2.75, 3.05) is 5.32 Å². The maximum atomic E-state index is 12.2. The molecule has 4 rings (SSSR count). The van der Waals surface area contributed by atoms with E-state index in [1.54, 1.807) is 0 Å². The molecule has 4 nitrogen and oxygen atoms in total. The lowest BCUT2D eigenvalue weighted by molar-refractivity contribution is -0.118. The van der Waals surface area contributed by atoms with Crippen molar-refractivity contribution in [2.45, 2.75) is 19.3 Å². The highest BCUT2D eigenvalue weighted by atomic mass is 35.5. The van der Waals surface area contributed by atoms with Crippen molar-refractivity contribution < 1.29 is 4.79 Å². The Kier molecular flexibility index (Phi) is 2.67. The lowest BCUT2D eigenvalue weighted by Gasteiger charge is -2.08. The molecule has 2 aliphatic carbocycles. The average molecular weight is 288 g/mol. The van der Waals surface area contributed by atoms with E-state index in [1.807, 2.05) is 24.3 Å². The Morgan fingerprint density at radius 2 is 1.80 bits per heavy atom. The van der Waals surface area contributed by atoms with Gasteiger partial charge in [-0.25, -0.2) is 9.97 Å². The van der Waals surface area contributed by atoms with Gasteiger partial charge in [-0.1, -0.05) is 30.2 Å². The molecule has 20 heavy (non-hydrogen) atoms. The minimum Gasteiger partial charge on any atom is -0.308 e. The number of hydrogen-bond acceptors (Lipinski definition) is 3. The van der Waals surface area contributed by atoms with Gasteiger partial charge in [-0.2, -0.15) is 0 Å². The quantitative estimate of drug-likeness (QED) is 0.922. The van der Waals surface area contributed by atoms with Crippen molar-refractivity contribution >= 4 is 34.4 Å². The van der Waals surface area contributed by atoms with E-state index in [0.29, 0.717) is 17.7 Å². The first-order valence-corrected chi connectivity index (χ1v) is 7.35. The zero-order valence-corrected chi connectivity index (χ0v) is 11.6. The van der Waals surface area contributed by atoms with Crippen LogP contribution in [0.2, 0.25) is 5.15 Å². The number of nitrogens with one attached hydrogen (secondary N) is 1. The number of rotatable bonds is 2. The molecule has 102 valence electrons. The second-order valence-corrected chi connectivity index (χ2v) is 5.98. The van der Waals surface area contributed by atoms with Gasteiger partial charge in [0.05, 0.1) is 11.0 Å². The van der Waals surface area contributed by atoms with Crippen molar-refractivity contribution in [1.29, 1.82) is 0 Å². The number of carbonyl (C=O) groups excluding carboxylic acids is 1. The smallest absolute Gasteiger partial charge is 0.229 e. The van der Waals surface area contributed by atoms with Gasteiger partial charge >= 0.3 is 0 Å². The Balaban J connectivity index is 1.59. The molecule has 2 unspecified atom stereocenters. The van der Waals surface area contributed by atoms with E-state index in [4.69, 9.17) is 11.6 Å². The van der Waals surface area contributed by atoms with E-state index < -0.39 is 0 Å². The number of benzene rings is 1. The number of aromatic nitrogens is 2. The number of amides is 1. The van der Waals surface area contributed by atoms with Crippen LogP contribution in [0.1, 0.15) is 19.3 Å². The standard InChI is InChI=1S/C15H14ClN3O/c16-13-14(18-11-7-2-1-6-10(11)17-13)19-15(20)12-8-4-3-5-9(8)12/h1-2,6-9,12H,3-5H2,(H,18,19,20). The third-order valence-corrected chi connectivity index (χ3v) is 4.74. The van der Waals surface area contributed by atoms with Crippen LogP contribution in [0.15, 0.2) is 24.3 Å². The number of carbonyl (C=O) groups is 1.